The Labute approximate surface area is 146 Å². The number of allylic oxidation sites excluding steroid dienone is 2. The Kier molecular flexibility index (Phi) is 6.39. The van der Waals surface area contributed by atoms with E-state index in [0.29, 0.717) is 0 Å². The van der Waals surface area contributed by atoms with Crippen molar-refractivity contribution < 1.29 is 0 Å². The van der Waals surface area contributed by atoms with E-state index in [4.69, 9.17) is 11.1 Å². The molecule has 0 aliphatic carbocycles. The van der Waals surface area contributed by atoms with Crippen LogP contribution in [-0.4, -0.2) is 8.83 Å². The molecule has 114 valence electrons. The largest absolute Gasteiger partial charge is 0.210 e. The van der Waals surface area contributed by atoms with E-state index < -0.39 is 0 Å². The van der Waals surface area contributed by atoms with Crippen LogP contribution in [0.2, 0.25) is 0 Å². The number of benzene rings is 2. The second kappa shape index (κ2) is 8.52. The van der Waals surface area contributed by atoms with Gasteiger partial charge in [-0.3, -0.25) is 0 Å². The highest BCUT2D eigenvalue weighted by atomic mass is 35.6. The summed E-state index contributed by atoms with van der Waals surface area (Å²) in [5.41, 5.74) is 5.68. The zero-order chi connectivity index (χ0) is 16.7. The molecule has 2 heteroatoms. The van der Waals surface area contributed by atoms with Crippen molar-refractivity contribution in [1.82, 2.24) is 0 Å². The lowest BCUT2D eigenvalue weighted by atomic mass is 10.1. The molecule has 0 aliphatic rings. The Balaban J connectivity index is 2.34. The third kappa shape index (κ3) is 4.95. The van der Waals surface area contributed by atoms with Crippen LogP contribution < -0.4 is 0 Å². The summed E-state index contributed by atoms with van der Waals surface area (Å²) in [4.78, 5) is 0. The van der Waals surface area contributed by atoms with Crippen LogP contribution in [0.25, 0.3) is 24.3 Å². The van der Waals surface area contributed by atoms with Gasteiger partial charge in [-0.2, -0.15) is 11.1 Å². The molecule has 0 saturated heterocycles. The Bertz CT molecular complexity index is 769. The first-order valence-electron chi connectivity index (χ1n) is 7.38. The van der Waals surface area contributed by atoms with Crippen molar-refractivity contribution >= 4 is 44.2 Å². The molecule has 0 nitrogen and oxygen atoms in total. The van der Waals surface area contributed by atoms with Crippen molar-refractivity contribution in [2.45, 2.75) is 6.92 Å². The Hall–Kier alpha value is -2.09. The molecule has 0 fully saturated rings. The summed E-state index contributed by atoms with van der Waals surface area (Å²) in [6, 6.07) is 16.5. The van der Waals surface area contributed by atoms with Gasteiger partial charge in [0, 0.05) is 0 Å². The summed E-state index contributed by atoms with van der Waals surface area (Å²) in [7, 11) is 0.220. The number of hydrogen-bond acceptors (Lipinski definition) is 0. The highest BCUT2D eigenvalue weighted by Gasteiger charge is 2.02. The Morgan fingerprint density at radius 3 is 1.83 bits per heavy atom. The van der Waals surface area contributed by atoms with Crippen molar-refractivity contribution in [3.05, 3.63) is 94.7 Å². The Morgan fingerprint density at radius 1 is 0.870 bits per heavy atom. The minimum atomic E-state index is 0.220. The fourth-order valence-electron chi connectivity index (χ4n) is 2.26. The summed E-state index contributed by atoms with van der Waals surface area (Å²) in [6.07, 6.45) is 8.00. The first-order valence-corrected chi connectivity index (χ1v) is 9.39. The van der Waals surface area contributed by atoms with Gasteiger partial charge in [-0.05, 0) is 46.5 Å². The van der Waals surface area contributed by atoms with Crippen molar-refractivity contribution in [1.29, 1.82) is 0 Å². The van der Waals surface area contributed by atoms with Gasteiger partial charge in [0.1, 0.15) is 0 Å². The maximum absolute atomic E-state index is 6.19. The van der Waals surface area contributed by atoms with Crippen LogP contribution in [0.1, 0.15) is 29.2 Å². The van der Waals surface area contributed by atoms with E-state index in [1.807, 2.05) is 36.4 Å². The average Bonchev–Trinajstić information content (AvgIpc) is 2.59. The molecule has 0 N–H and O–H groups in total. The van der Waals surface area contributed by atoms with Crippen LogP contribution in [-0.2, 0) is 0 Å². The fraction of sp³-hybridized carbons (Fsp3) is 0.0476. The van der Waals surface area contributed by atoms with Gasteiger partial charge < -0.3 is 0 Å². The van der Waals surface area contributed by atoms with Crippen molar-refractivity contribution in [2.24, 2.45) is 0 Å². The topological polar surface area (TPSA) is 0 Å². The highest BCUT2D eigenvalue weighted by molar-refractivity contribution is 6.98. The molecule has 0 saturated carbocycles. The quantitative estimate of drug-likeness (QED) is 0.331. The van der Waals surface area contributed by atoms with Crippen LogP contribution in [0, 0.1) is 0 Å². The molecular weight excluding hydrogens is 316 g/mol. The number of halogens is 1. The van der Waals surface area contributed by atoms with E-state index in [-0.39, 0.29) is 8.83 Å². The van der Waals surface area contributed by atoms with Gasteiger partial charge in [-0.15, -0.1) is 0 Å². The van der Waals surface area contributed by atoms with Crippen LogP contribution in [0.3, 0.4) is 0 Å². The minimum Gasteiger partial charge on any atom is -0.165 e. The average molecular weight is 335 g/mol. The first kappa shape index (κ1) is 17.3. The lowest BCUT2D eigenvalue weighted by Crippen LogP contribution is -1.92. The molecule has 2 aromatic rings. The van der Waals surface area contributed by atoms with Gasteiger partial charge in [0.15, 0.2) is 0 Å². The molecule has 0 spiro atoms. The van der Waals surface area contributed by atoms with E-state index in [2.05, 4.69) is 56.5 Å². The van der Waals surface area contributed by atoms with Crippen molar-refractivity contribution in [3.8, 4) is 0 Å². The van der Waals surface area contributed by atoms with Crippen LogP contribution in [0.5, 0.6) is 0 Å². The molecule has 2 radical (unpaired) electrons. The summed E-state index contributed by atoms with van der Waals surface area (Å²) in [5.74, 6) is 0. The highest BCUT2D eigenvalue weighted by Crippen LogP contribution is 2.19. The third-order valence-electron chi connectivity index (χ3n) is 3.51. The van der Waals surface area contributed by atoms with E-state index in [1.54, 1.807) is 0 Å². The molecule has 0 atom stereocenters. The second-order valence-corrected chi connectivity index (χ2v) is 6.52. The van der Waals surface area contributed by atoms with Gasteiger partial charge in [-0.25, -0.2) is 0 Å². The molecule has 2 rings (SSSR count). The molecule has 0 bridgehead atoms. The normalized spacial score (nSPS) is 12.1. The third-order valence-corrected chi connectivity index (χ3v) is 4.87. The molecule has 0 aromatic heterocycles. The molecule has 0 amide bonds. The van der Waals surface area contributed by atoms with Crippen LogP contribution in [0.4, 0.5) is 0 Å². The maximum Gasteiger partial charge on any atom is 0.210 e. The fourth-order valence-corrected chi connectivity index (χ4v) is 3.31. The molecule has 0 unspecified atom stereocenters. The minimum absolute atomic E-state index is 0.220. The van der Waals surface area contributed by atoms with Gasteiger partial charge in [0.25, 0.3) is 0 Å². The monoisotopic (exact) mass is 334 g/mol. The van der Waals surface area contributed by atoms with Gasteiger partial charge in [0.2, 0.25) is 8.83 Å². The van der Waals surface area contributed by atoms with Crippen molar-refractivity contribution in [3.63, 3.8) is 0 Å². The molecule has 23 heavy (non-hydrogen) atoms. The predicted molar refractivity (Wildman–Crippen MR) is 106 cm³/mol. The van der Waals surface area contributed by atoms with Gasteiger partial charge in [-0.1, -0.05) is 79.4 Å². The van der Waals surface area contributed by atoms with E-state index in [1.165, 1.54) is 5.57 Å². The number of rotatable bonds is 6. The lowest BCUT2D eigenvalue weighted by Gasteiger charge is -2.06. The summed E-state index contributed by atoms with van der Waals surface area (Å²) in [5, 5.41) is 1.14. The van der Waals surface area contributed by atoms with Crippen LogP contribution in [0.15, 0.2) is 72.5 Å². The predicted octanol–water partition coefficient (Wildman–Crippen LogP) is 6.28. The van der Waals surface area contributed by atoms with E-state index in [9.17, 15) is 0 Å². The maximum atomic E-state index is 6.19. The Morgan fingerprint density at radius 2 is 1.35 bits per heavy atom. The summed E-state index contributed by atoms with van der Waals surface area (Å²) >= 11 is 6.19. The molecular formula is C21H19ClSi. The van der Waals surface area contributed by atoms with Gasteiger partial charge in [0.05, 0.1) is 0 Å². The van der Waals surface area contributed by atoms with E-state index >= 15 is 0 Å². The standard InChI is InChI=1S/C21H19ClSi/c1-4-17-8-6-10-19(13-17)12-16(3)21(23-22)15-20-11-7-9-18(5-2)14-20/h4-15H,1-2H2,3H3. The van der Waals surface area contributed by atoms with Gasteiger partial charge >= 0.3 is 0 Å². The smallest absolute Gasteiger partial charge is 0.165 e. The molecule has 0 heterocycles. The number of hydrogen-bond donors (Lipinski definition) is 0. The van der Waals surface area contributed by atoms with Crippen molar-refractivity contribution in [2.75, 3.05) is 0 Å². The molecule has 0 aliphatic heterocycles. The SMILES string of the molecule is C=Cc1cccc(C=C(C)C(=Cc2cccc(C=C)c2)[Si]Cl)c1. The summed E-state index contributed by atoms with van der Waals surface area (Å²) < 4.78 is 0. The van der Waals surface area contributed by atoms with E-state index in [0.717, 1.165) is 27.5 Å². The zero-order valence-electron chi connectivity index (χ0n) is 13.2. The second-order valence-electron chi connectivity index (χ2n) is 5.23. The van der Waals surface area contributed by atoms with Crippen LogP contribution >= 0.6 is 11.1 Å². The molecule has 2 aromatic carbocycles. The zero-order valence-corrected chi connectivity index (χ0v) is 15.0. The lowest BCUT2D eigenvalue weighted by molar-refractivity contribution is 1.51. The first-order chi connectivity index (χ1) is 11.2. The summed E-state index contributed by atoms with van der Waals surface area (Å²) in [6.45, 7) is 9.73.